The van der Waals surface area contributed by atoms with Gasteiger partial charge < -0.3 is 5.32 Å². The molecular formula is C16H19F2N3. The van der Waals surface area contributed by atoms with Crippen molar-refractivity contribution in [3.05, 3.63) is 41.1 Å². The Morgan fingerprint density at radius 2 is 1.86 bits per heavy atom. The van der Waals surface area contributed by atoms with Gasteiger partial charge >= 0.3 is 0 Å². The number of benzene rings is 1. The lowest BCUT2D eigenvalue weighted by atomic mass is 10.0. The molecule has 3 nitrogen and oxygen atoms in total. The van der Waals surface area contributed by atoms with Gasteiger partial charge in [-0.25, -0.2) is 18.7 Å². The predicted molar refractivity (Wildman–Crippen MR) is 80.8 cm³/mol. The summed E-state index contributed by atoms with van der Waals surface area (Å²) in [5.41, 5.74) is 2.49. The first kappa shape index (κ1) is 15.4. The van der Waals surface area contributed by atoms with Crippen LogP contribution in [0.3, 0.4) is 0 Å². The van der Waals surface area contributed by atoms with Crippen LogP contribution in [0, 0.1) is 6.92 Å². The molecule has 2 rings (SSSR count). The maximum atomic E-state index is 12.8. The van der Waals surface area contributed by atoms with Gasteiger partial charge in [0, 0.05) is 29.4 Å². The summed E-state index contributed by atoms with van der Waals surface area (Å²) in [6, 6.07) is 6.19. The zero-order chi connectivity index (χ0) is 15.6. The largest absolute Gasteiger partial charge is 0.373 e. The van der Waals surface area contributed by atoms with Crippen molar-refractivity contribution in [2.45, 2.75) is 33.1 Å². The van der Waals surface area contributed by atoms with Gasteiger partial charge in [0.2, 0.25) is 0 Å². The number of anilines is 1. The molecule has 0 bridgehead atoms. The van der Waals surface area contributed by atoms with Crippen LogP contribution in [0.1, 0.15) is 43.0 Å². The standard InChI is InChI=1S/C16H19F2N3/c1-9(2)13-10(3)20-15(21-16(13)19-4)12-7-5-6-11(8-12)14(17)18/h5-9,14H,1-4H3,(H,19,20,21). The van der Waals surface area contributed by atoms with Gasteiger partial charge in [-0.2, -0.15) is 0 Å². The van der Waals surface area contributed by atoms with Crippen LogP contribution in [-0.2, 0) is 0 Å². The Hall–Kier alpha value is -2.04. The number of alkyl halides is 2. The van der Waals surface area contributed by atoms with Gasteiger partial charge in [-0.05, 0) is 18.9 Å². The van der Waals surface area contributed by atoms with Gasteiger partial charge in [0.1, 0.15) is 5.82 Å². The molecule has 0 saturated carbocycles. The zero-order valence-electron chi connectivity index (χ0n) is 12.6. The molecule has 1 heterocycles. The van der Waals surface area contributed by atoms with E-state index >= 15 is 0 Å². The van der Waals surface area contributed by atoms with Gasteiger partial charge in [-0.3, -0.25) is 0 Å². The molecule has 21 heavy (non-hydrogen) atoms. The highest BCUT2D eigenvalue weighted by Gasteiger charge is 2.15. The quantitative estimate of drug-likeness (QED) is 0.897. The smallest absolute Gasteiger partial charge is 0.263 e. The zero-order valence-corrected chi connectivity index (χ0v) is 12.6. The number of nitrogens with zero attached hydrogens (tertiary/aromatic N) is 2. The molecule has 0 saturated heterocycles. The van der Waals surface area contributed by atoms with Crippen LogP contribution >= 0.6 is 0 Å². The highest BCUT2D eigenvalue weighted by atomic mass is 19.3. The van der Waals surface area contributed by atoms with Crippen molar-refractivity contribution >= 4 is 5.82 Å². The third-order valence-electron chi connectivity index (χ3n) is 3.35. The Balaban J connectivity index is 2.55. The van der Waals surface area contributed by atoms with E-state index in [0.717, 1.165) is 17.1 Å². The Morgan fingerprint density at radius 3 is 2.43 bits per heavy atom. The van der Waals surface area contributed by atoms with E-state index in [2.05, 4.69) is 29.1 Å². The second-order valence-electron chi connectivity index (χ2n) is 5.23. The number of aryl methyl sites for hydroxylation is 1. The molecular weight excluding hydrogens is 272 g/mol. The average Bonchev–Trinajstić information content (AvgIpc) is 2.45. The van der Waals surface area contributed by atoms with E-state index in [1.54, 1.807) is 19.2 Å². The van der Waals surface area contributed by atoms with E-state index in [4.69, 9.17) is 0 Å². The summed E-state index contributed by atoms with van der Waals surface area (Å²) in [4.78, 5) is 8.95. The molecule has 0 spiro atoms. The van der Waals surface area contributed by atoms with Crippen LogP contribution in [0.15, 0.2) is 24.3 Å². The Bertz CT molecular complexity index is 639. The van der Waals surface area contributed by atoms with E-state index in [0.29, 0.717) is 11.4 Å². The van der Waals surface area contributed by atoms with Crippen molar-refractivity contribution < 1.29 is 8.78 Å². The summed E-state index contributed by atoms with van der Waals surface area (Å²) in [5.74, 6) is 1.49. The summed E-state index contributed by atoms with van der Waals surface area (Å²) in [6.45, 7) is 6.06. The fraction of sp³-hybridized carbons (Fsp3) is 0.375. The van der Waals surface area contributed by atoms with E-state index in [-0.39, 0.29) is 11.5 Å². The number of hydrogen-bond acceptors (Lipinski definition) is 3. The second-order valence-corrected chi connectivity index (χ2v) is 5.23. The maximum absolute atomic E-state index is 12.8. The summed E-state index contributed by atoms with van der Waals surface area (Å²) >= 11 is 0. The number of rotatable bonds is 4. The summed E-state index contributed by atoms with van der Waals surface area (Å²) in [5, 5.41) is 3.07. The molecule has 1 N–H and O–H groups in total. The van der Waals surface area contributed by atoms with Crippen LogP contribution < -0.4 is 5.32 Å². The third kappa shape index (κ3) is 3.17. The van der Waals surface area contributed by atoms with Crippen molar-refractivity contribution in [3.8, 4) is 11.4 Å². The monoisotopic (exact) mass is 291 g/mol. The summed E-state index contributed by atoms with van der Waals surface area (Å²) in [7, 11) is 1.80. The van der Waals surface area contributed by atoms with Crippen molar-refractivity contribution in [3.63, 3.8) is 0 Å². The molecule has 0 aliphatic carbocycles. The molecule has 0 aliphatic rings. The van der Waals surface area contributed by atoms with Crippen molar-refractivity contribution in [1.82, 2.24) is 9.97 Å². The van der Waals surface area contributed by atoms with Crippen molar-refractivity contribution in [1.29, 1.82) is 0 Å². The number of aromatic nitrogens is 2. The lowest BCUT2D eigenvalue weighted by Crippen LogP contribution is -2.07. The first-order valence-corrected chi connectivity index (χ1v) is 6.88. The molecule has 5 heteroatoms. The SMILES string of the molecule is CNc1nc(-c2cccc(C(F)F)c2)nc(C)c1C(C)C. The van der Waals surface area contributed by atoms with Crippen LogP contribution in [0.2, 0.25) is 0 Å². The van der Waals surface area contributed by atoms with Crippen molar-refractivity contribution in [2.75, 3.05) is 12.4 Å². The first-order valence-electron chi connectivity index (χ1n) is 6.88. The molecule has 0 atom stereocenters. The molecule has 0 unspecified atom stereocenters. The topological polar surface area (TPSA) is 37.8 Å². The maximum Gasteiger partial charge on any atom is 0.263 e. The average molecular weight is 291 g/mol. The minimum atomic E-state index is -2.50. The fourth-order valence-corrected chi connectivity index (χ4v) is 2.41. The third-order valence-corrected chi connectivity index (χ3v) is 3.35. The van der Waals surface area contributed by atoms with E-state index in [1.165, 1.54) is 12.1 Å². The molecule has 0 amide bonds. The van der Waals surface area contributed by atoms with E-state index in [9.17, 15) is 8.78 Å². The lowest BCUT2D eigenvalue weighted by molar-refractivity contribution is 0.151. The number of hydrogen-bond donors (Lipinski definition) is 1. The molecule has 1 aromatic heterocycles. The molecule has 1 aromatic carbocycles. The molecule has 0 fully saturated rings. The lowest BCUT2D eigenvalue weighted by Gasteiger charge is -2.15. The van der Waals surface area contributed by atoms with Gasteiger partial charge in [-0.1, -0.05) is 32.0 Å². The predicted octanol–water partition coefficient (Wildman–Crippen LogP) is 4.55. The molecule has 112 valence electrons. The fourth-order valence-electron chi connectivity index (χ4n) is 2.41. The van der Waals surface area contributed by atoms with E-state index < -0.39 is 6.43 Å². The van der Waals surface area contributed by atoms with Gasteiger partial charge in [0.15, 0.2) is 5.82 Å². The summed E-state index contributed by atoms with van der Waals surface area (Å²) < 4.78 is 25.6. The van der Waals surface area contributed by atoms with Gasteiger partial charge in [0.05, 0.1) is 0 Å². The Labute approximate surface area is 123 Å². The number of halogens is 2. The van der Waals surface area contributed by atoms with Crippen LogP contribution in [-0.4, -0.2) is 17.0 Å². The molecule has 2 aromatic rings. The Kier molecular flexibility index (Phi) is 4.50. The van der Waals surface area contributed by atoms with Crippen LogP contribution in [0.5, 0.6) is 0 Å². The van der Waals surface area contributed by atoms with E-state index in [1.807, 2.05) is 6.92 Å². The number of nitrogens with one attached hydrogen (secondary N) is 1. The minimum Gasteiger partial charge on any atom is -0.373 e. The minimum absolute atomic E-state index is 0.0207. The van der Waals surface area contributed by atoms with Gasteiger partial charge in [-0.15, -0.1) is 0 Å². The normalized spacial score (nSPS) is 11.2. The molecule has 0 aliphatic heterocycles. The Morgan fingerprint density at radius 1 is 1.14 bits per heavy atom. The first-order chi connectivity index (χ1) is 9.93. The van der Waals surface area contributed by atoms with Crippen molar-refractivity contribution in [2.24, 2.45) is 0 Å². The highest BCUT2D eigenvalue weighted by molar-refractivity contribution is 5.61. The van der Waals surface area contributed by atoms with Gasteiger partial charge in [0.25, 0.3) is 6.43 Å². The molecule has 0 radical (unpaired) electrons. The summed E-state index contributed by atoms with van der Waals surface area (Å²) in [6.07, 6.45) is -2.50. The van der Waals surface area contributed by atoms with Crippen LogP contribution in [0.25, 0.3) is 11.4 Å². The van der Waals surface area contributed by atoms with Crippen LogP contribution in [0.4, 0.5) is 14.6 Å². The highest BCUT2D eigenvalue weighted by Crippen LogP contribution is 2.29. The second kappa shape index (κ2) is 6.16.